The van der Waals surface area contributed by atoms with Crippen molar-refractivity contribution in [2.24, 2.45) is 0 Å². The van der Waals surface area contributed by atoms with Crippen LogP contribution in [0.5, 0.6) is 11.5 Å². The van der Waals surface area contributed by atoms with E-state index in [4.69, 9.17) is 9.47 Å². The van der Waals surface area contributed by atoms with E-state index in [1.807, 2.05) is 55.7 Å². The lowest BCUT2D eigenvalue weighted by molar-refractivity contribution is -0.113. The normalized spacial score (nSPS) is 10.6. The minimum atomic E-state index is -0.102. The van der Waals surface area contributed by atoms with E-state index >= 15 is 0 Å². The van der Waals surface area contributed by atoms with Gasteiger partial charge in [0.1, 0.15) is 6.61 Å². The molecule has 0 aliphatic rings. The molecule has 0 saturated heterocycles. The number of hydrogen-bond donors (Lipinski definition) is 1. The van der Waals surface area contributed by atoms with Crippen molar-refractivity contribution in [1.29, 1.82) is 0 Å². The van der Waals surface area contributed by atoms with E-state index in [-0.39, 0.29) is 18.3 Å². The number of methoxy groups -OCH3 is 1. The summed E-state index contributed by atoms with van der Waals surface area (Å²) >= 11 is 1.32. The highest BCUT2D eigenvalue weighted by Gasteiger charge is 2.15. The van der Waals surface area contributed by atoms with Crippen LogP contribution in [0.3, 0.4) is 0 Å². The zero-order chi connectivity index (χ0) is 23.1. The lowest BCUT2D eigenvalue weighted by Gasteiger charge is -2.12. The molecule has 0 aliphatic carbocycles. The number of allylic oxidation sites excluding steroid dienone is 1. The van der Waals surface area contributed by atoms with Gasteiger partial charge in [0.2, 0.25) is 5.91 Å². The monoisotopic (exact) mass is 452 g/mol. The number of carbonyl (C=O) groups excluding carboxylic acids is 1. The summed E-state index contributed by atoms with van der Waals surface area (Å²) in [6, 6.07) is 11.7. The fraction of sp³-hybridized carbons (Fsp3) is 0.292. The molecule has 0 aliphatic heterocycles. The Labute approximate surface area is 192 Å². The Hall–Kier alpha value is -3.26. The molecule has 7 nitrogen and oxygen atoms in total. The number of benzene rings is 2. The topological polar surface area (TPSA) is 78.3 Å². The number of ether oxygens (including phenoxy) is 2. The highest BCUT2D eigenvalue weighted by Crippen LogP contribution is 2.29. The molecule has 8 heteroatoms. The summed E-state index contributed by atoms with van der Waals surface area (Å²) in [4.78, 5) is 12.4. The Morgan fingerprint density at radius 3 is 2.53 bits per heavy atom. The Morgan fingerprint density at radius 2 is 1.84 bits per heavy atom. The molecule has 1 amide bonds. The molecule has 1 aromatic heterocycles. The molecular formula is C24H28N4O3S. The van der Waals surface area contributed by atoms with Crippen LogP contribution in [0.15, 0.2) is 54.2 Å². The molecule has 0 spiro atoms. The molecule has 3 aromatic rings. The van der Waals surface area contributed by atoms with Crippen LogP contribution in [0.4, 0.5) is 5.69 Å². The van der Waals surface area contributed by atoms with Crippen LogP contribution in [0.25, 0.3) is 0 Å². The maximum absolute atomic E-state index is 12.4. The van der Waals surface area contributed by atoms with Crippen LogP contribution in [-0.2, 0) is 17.9 Å². The molecule has 0 saturated carbocycles. The zero-order valence-electron chi connectivity index (χ0n) is 18.8. The maximum Gasteiger partial charge on any atom is 0.234 e. The smallest absolute Gasteiger partial charge is 0.234 e. The SMILES string of the molecule is C=CCn1c(COc2ccc(C)cc2OC)nnc1SCC(=O)Nc1cc(C)cc(C)c1. The third-order valence-corrected chi connectivity index (χ3v) is 5.59. The molecule has 3 rings (SSSR count). The first kappa shape index (κ1) is 23.4. The molecule has 32 heavy (non-hydrogen) atoms. The molecule has 1 N–H and O–H groups in total. The number of aromatic nitrogens is 3. The third-order valence-electron chi connectivity index (χ3n) is 4.62. The van der Waals surface area contributed by atoms with Gasteiger partial charge in [-0.1, -0.05) is 30.0 Å². The first-order valence-electron chi connectivity index (χ1n) is 10.2. The van der Waals surface area contributed by atoms with Crippen LogP contribution < -0.4 is 14.8 Å². The van der Waals surface area contributed by atoms with Crippen molar-refractivity contribution in [3.8, 4) is 11.5 Å². The number of hydrogen-bond acceptors (Lipinski definition) is 6. The van der Waals surface area contributed by atoms with Gasteiger partial charge in [0.05, 0.1) is 12.9 Å². The van der Waals surface area contributed by atoms with Gasteiger partial charge in [-0.05, 0) is 61.7 Å². The van der Waals surface area contributed by atoms with Crippen molar-refractivity contribution >= 4 is 23.4 Å². The van der Waals surface area contributed by atoms with Crippen molar-refractivity contribution in [2.75, 3.05) is 18.2 Å². The quantitative estimate of drug-likeness (QED) is 0.355. The van der Waals surface area contributed by atoms with Crippen molar-refractivity contribution in [3.05, 3.63) is 71.6 Å². The molecule has 0 bridgehead atoms. The maximum atomic E-state index is 12.4. The van der Waals surface area contributed by atoms with Crippen molar-refractivity contribution < 1.29 is 14.3 Å². The van der Waals surface area contributed by atoms with E-state index in [0.29, 0.717) is 29.0 Å². The largest absolute Gasteiger partial charge is 0.493 e. The lowest BCUT2D eigenvalue weighted by Crippen LogP contribution is -2.15. The van der Waals surface area contributed by atoms with Crippen molar-refractivity contribution in [3.63, 3.8) is 0 Å². The predicted octanol–water partition coefficient (Wildman–Crippen LogP) is 4.71. The zero-order valence-corrected chi connectivity index (χ0v) is 19.7. The Balaban J connectivity index is 1.65. The summed E-state index contributed by atoms with van der Waals surface area (Å²) in [5, 5.41) is 12.1. The number of rotatable bonds is 10. The summed E-state index contributed by atoms with van der Waals surface area (Å²) < 4.78 is 13.2. The van der Waals surface area contributed by atoms with Gasteiger partial charge in [0, 0.05) is 12.2 Å². The first-order valence-corrected chi connectivity index (χ1v) is 11.2. The van der Waals surface area contributed by atoms with Crippen LogP contribution in [-0.4, -0.2) is 33.5 Å². The van der Waals surface area contributed by atoms with E-state index in [9.17, 15) is 4.79 Å². The standard InChI is InChI=1S/C24H28N4O3S/c1-6-9-28-22(14-31-20-8-7-16(2)13-21(20)30-5)26-27-24(28)32-15-23(29)25-19-11-17(3)10-18(4)12-19/h6-8,10-13H,1,9,14-15H2,2-5H3,(H,25,29). The van der Waals surface area contributed by atoms with Crippen molar-refractivity contribution in [2.45, 2.75) is 39.1 Å². The Kier molecular flexibility index (Phi) is 7.94. The molecule has 0 atom stereocenters. The van der Waals surface area contributed by atoms with Gasteiger partial charge in [-0.2, -0.15) is 0 Å². The number of anilines is 1. The minimum absolute atomic E-state index is 0.102. The number of nitrogens with zero attached hydrogens (tertiary/aromatic N) is 3. The molecule has 168 valence electrons. The van der Waals surface area contributed by atoms with Gasteiger partial charge >= 0.3 is 0 Å². The van der Waals surface area contributed by atoms with E-state index in [1.54, 1.807) is 13.2 Å². The van der Waals surface area contributed by atoms with E-state index in [0.717, 1.165) is 22.4 Å². The molecule has 0 unspecified atom stereocenters. The average molecular weight is 453 g/mol. The third kappa shape index (κ3) is 6.13. The highest BCUT2D eigenvalue weighted by molar-refractivity contribution is 7.99. The van der Waals surface area contributed by atoms with E-state index in [2.05, 4.69) is 28.2 Å². The molecule has 0 fully saturated rings. The molecule has 1 heterocycles. The second-order valence-electron chi connectivity index (χ2n) is 7.45. The first-order chi connectivity index (χ1) is 15.4. The summed E-state index contributed by atoms with van der Waals surface area (Å²) in [6.07, 6.45) is 1.76. The molecule has 0 radical (unpaired) electrons. The van der Waals surface area contributed by atoms with E-state index < -0.39 is 0 Å². The Morgan fingerprint density at radius 1 is 1.09 bits per heavy atom. The van der Waals surface area contributed by atoms with Gasteiger partial charge in [-0.25, -0.2) is 0 Å². The van der Waals surface area contributed by atoms with Gasteiger partial charge in [0.15, 0.2) is 22.5 Å². The summed E-state index contributed by atoms with van der Waals surface area (Å²) in [6.45, 7) is 10.5. The van der Waals surface area contributed by atoms with Gasteiger partial charge in [-0.3, -0.25) is 9.36 Å². The summed E-state index contributed by atoms with van der Waals surface area (Å²) in [5.41, 5.74) is 4.09. The minimum Gasteiger partial charge on any atom is -0.493 e. The fourth-order valence-corrected chi connectivity index (χ4v) is 4.02. The number of aryl methyl sites for hydroxylation is 3. The summed E-state index contributed by atoms with van der Waals surface area (Å²) in [5.74, 6) is 2.06. The van der Waals surface area contributed by atoms with Crippen LogP contribution in [0.2, 0.25) is 0 Å². The van der Waals surface area contributed by atoms with Gasteiger partial charge in [0.25, 0.3) is 0 Å². The van der Waals surface area contributed by atoms with Crippen LogP contribution in [0, 0.1) is 20.8 Å². The number of carbonyl (C=O) groups is 1. The second kappa shape index (κ2) is 10.9. The number of thioether (sulfide) groups is 1. The average Bonchev–Trinajstić information content (AvgIpc) is 3.12. The summed E-state index contributed by atoms with van der Waals surface area (Å²) in [7, 11) is 1.61. The Bertz CT molecular complexity index is 1090. The molecule has 2 aromatic carbocycles. The van der Waals surface area contributed by atoms with Crippen LogP contribution in [0.1, 0.15) is 22.5 Å². The van der Waals surface area contributed by atoms with Gasteiger partial charge in [-0.15, -0.1) is 16.8 Å². The lowest BCUT2D eigenvalue weighted by atomic mass is 10.1. The van der Waals surface area contributed by atoms with Crippen molar-refractivity contribution in [1.82, 2.24) is 14.8 Å². The second-order valence-corrected chi connectivity index (χ2v) is 8.40. The number of amides is 1. The van der Waals surface area contributed by atoms with E-state index in [1.165, 1.54) is 11.8 Å². The predicted molar refractivity (Wildman–Crippen MR) is 128 cm³/mol. The van der Waals surface area contributed by atoms with Gasteiger partial charge < -0.3 is 14.8 Å². The van der Waals surface area contributed by atoms with Crippen LogP contribution >= 0.6 is 11.8 Å². The fourth-order valence-electron chi connectivity index (χ4n) is 3.26. The highest BCUT2D eigenvalue weighted by atomic mass is 32.2. The number of nitrogens with one attached hydrogen (secondary N) is 1. The molecular weight excluding hydrogens is 424 g/mol.